The molecule has 2 heterocycles. The van der Waals surface area contributed by atoms with Crippen molar-refractivity contribution in [3.8, 4) is 0 Å². The standard InChI is InChI=1S/C58H106O14/c1-3-5-7-9-11-13-15-17-19-21-23-25-27-29-31-33-35-37-39-41-50(60)70-47(44-67-42-40-38-36-34-32-30-28-26-24-22-20-18-16-14-12-10-8-6-4-2)45-68-57-56(66)54(64)52(62)49(72-57)46-69-58-55(65)53(63)51(61)48(43-59)71-58/h11,13,17,19,23,25,47-49,51-59,61-66H,3-10,12,14-16,18,20-22,24,26-46H2,1-2H3/b13-11-,19-17-,25-23-. The van der Waals surface area contributed by atoms with Gasteiger partial charge in [-0.05, 0) is 51.4 Å². The second-order valence-electron chi connectivity index (χ2n) is 20.5. The van der Waals surface area contributed by atoms with Crippen LogP contribution in [0, 0.1) is 0 Å². The molecule has 0 spiro atoms. The Kier molecular flexibility index (Phi) is 41.8. The van der Waals surface area contributed by atoms with E-state index < -0.39 is 80.7 Å². The minimum Gasteiger partial charge on any atom is -0.457 e. The van der Waals surface area contributed by atoms with Crippen molar-refractivity contribution in [3.05, 3.63) is 36.5 Å². The number of unbranched alkanes of at least 4 members (excludes halogenated alkanes) is 27. The third-order valence-electron chi connectivity index (χ3n) is 13.9. The first kappa shape index (κ1) is 66.3. The molecule has 0 bridgehead atoms. The lowest BCUT2D eigenvalue weighted by atomic mass is 9.98. The molecule has 2 saturated heterocycles. The molecule has 2 aliphatic rings. The summed E-state index contributed by atoms with van der Waals surface area (Å²) in [5, 5.41) is 72.3. The third kappa shape index (κ3) is 31.9. The molecular weight excluding hydrogens is 921 g/mol. The van der Waals surface area contributed by atoms with Gasteiger partial charge in [0.1, 0.15) is 54.9 Å². The maximum atomic E-state index is 13.1. The van der Waals surface area contributed by atoms with Crippen molar-refractivity contribution in [1.82, 2.24) is 0 Å². The highest BCUT2D eigenvalue weighted by Crippen LogP contribution is 2.27. The van der Waals surface area contributed by atoms with Gasteiger partial charge in [0.25, 0.3) is 0 Å². The van der Waals surface area contributed by atoms with Gasteiger partial charge in [-0.15, -0.1) is 0 Å². The number of carbonyl (C=O) groups is 1. The number of ether oxygens (including phenoxy) is 6. The Morgan fingerprint density at radius 2 is 0.861 bits per heavy atom. The van der Waals surface area contributed by atoms with Crippen LogP contribution >= 0.6 is 0 Å². The van der Waals surface area contributed by atoms with Crippen LogP contribution in [0.25, 0.3) is 0 Å². The normalized spacial score (nSPS) is 25.3. The van der Waals surface area contributed by atoms with Gasteiger partial charge in [0, 0.05) is 13.0 Å². The quantitative estimate of drug-likeness (QED) is 0.0172. The van der Waals surface area contributed by atoms with E-state index in [0.717, 1.165) is 70.6 Å². The molecule has 14 heteroatoms. The highest BCUT2D eigenvalue weighted by molar-refractivity contribution is 5.69. The molecule has 0 aromatic carbocycles. The van der Waals surface area contributed by atoms with Gasteiger partial charge >= 0.3 is 5.97 Å². The number of aliphatic hydroxyl groups is 7. The van der Waals surface area contributed by atoms with Crippen molar-refractivity contribution in [3.63, 3.8) is 0 Å². The fraction of sp³-hybridized carbons (Fsp3) is 0.879. The summed E-state index contributed by atoms with van der Waals surface area (Å²) < 4.78 is 34.4. The van der Waals surface area contributed by atoms with Crippen molar-refractivity contribution in [2.45, 2.75) is 293 Å². The Labute approximate surface area is 436 Å². The van der Waals surface area contributed by atoms with E-state index in [-0.39, 0.29) is 25.6 Å². The Morgan fingerprint density at radius 3 is 1.38 bits per heavy atom. The summed E-state index contributed by atoms with van der Waals surface area (Å²) >= 11 is 0. The summed E-state index contributed by atoms with van der Waals surface area (Å²) in [6.45, 7) is 3.68. The minimum absolute atomic E-state index is 0.0592. The summed E-state index contributed by atoms with van der Waals surface area (Å²) in [7, 11) is 0. The van der Waals surface area contributed by atoms with Crippen molar-refractivity contribution >= 4 is 5.97 Å². The van der Waals surface area contributed by atoms with Crippen molar-refractivity contribution in [1.29, 1.82) is 0 Å². The van der Waals surface area contributed by atoms with E-state index in [1.54, 1.807) is 0 Å². The van der Waals surface area contributed by atoms with Crippen LogP contribution in [0.5, 0.6) is 0 Å². The lowest BCUT2D eigenvalue weighted by molar-refractivity contribution is -0.332. The molecule has 0 aliphatic carbocycles. The van der Waals surface area contributed by atoms with Gasteiger partial charge in [-0.25, -0.2) is 0 Å². The van der Waals surface area contributed by atoms with Crippen LogP contribution in [-0.2, 0) is 33.2 Å². The van der Waals surface area contributed by atoms with E-state index in [2.05, 4.69) is 50.3 Å². The largest absolute Gasteiger partial charge is 0.457 e. The molecule has 0 aromatic rings. The highest BCUT2D eigenvalue weighted by Gasteiger charge is 2.47. The zero-order chi connectivity index (χ0) is 52.3. The lowest BCUT2D eigenvalue weighted by Crippen LogP contribution is -2.61. The summed E-state index contributed by atoms with van der Waals surface area (Å²) in [4.78, 5) is 13.1. The molecule has 2 rings (SSSR count). The monoisotopic (exact) mass is 1030 g/mol. The van der Waals surface area contributed by atoms with E-state index in [4.69, 9.17) is 28.4 Å². The molecule has 2 fully saturated rings. The first-order chi connectivity index (χ1) is 35.1. The maximum Gasteiger partial charge on any atom is 0.306 e. The molecule has 422 valence electrons. The van der Waals surface area contributed by atoms with E-state index in [0.29, 0.717) is 13.0 Å². The molecule has 0 amide bonds. The van der Waals surface area contributed by atoms with Crippen molar-refractivity contribution in [2.75, 3.05) is 33.0 Å². The van der Waals surface area contributed by atoms with Crippen LogP contribution < -0.4 is 0 Å². The number of esters is 1. The molecule has 72 heavy (non-hydrogen) atoms. The van der Waals surface area contributed by atoms with E-state index in [9.17, 15) is 40.5 Å². The van der Waals surface area contributed by atoms with Crippen LogP contribution in [0.4, 0.5) is 0 Å². The predicted molar refractivity (Wildman–Crippen MR) is 284 cm³/mol. The molecule has 0 radical (unpaired) electrons. The molecule has 11 unspecified atom stereocenters. The number of hydrogen-bond donors (Lipinski definition) is 7. The summed E-state index contributed by atoms with van der Waals surface area (Å²) in [6.07, 6.45) is 36.3. The second-order valence-corrected chi connectivity index (χ2v) is 20.5. The van der Waals surface area contributed by atoms with Crippen LogP contribution in [-0.4, -0.2) is 142 Å². The number of rotatable bonds is 47. The summed E-state index contributed by atoms with van der Waals surface area (Å²) in [5.41, 5.74) is 0. The summed E-state index contributed by atoms with van der Waals surface area (Å²) in [6, 6.07) is 0. The third-order valence-corrected chi connectivity index (χ3v) is 13.9. The lowest BCUT2D eigenvalue weighted by Gasteiger charge is -2.42. The van der Waals surface area contributed by atoms with Gasteiger partial charge in [-0.1, -0.05) is 204 Å². The maximum absolute atomic E-state index is 13.1. The number of allylic oxidation sites excluding steroid dienone is 6. The van der Waals surface area contributed by atoms with Crippen LogP contribution in [0.3, 0.4) is 0 Å². The van der Waals surface area contributed by atoms with Gasteiger partial charge in [0.15, 0.2) is 12.6 Å². The first-order valence-electron chi connectivity index (χ1n) is 29.1. The Morgan fingerprint density at radius 1 is 0.458 bits per heavy atom. The van der Waals surface area contributed by atoms with Crippen LogP contribution in [0.2, 0.25) is 0 Å². The molecule has 2 aliphatic heterocycles. The van der Waals surface area contributed by atoms with Crippen molar-refractivity contribution < 1.29 is 69.0 Å². The van der Waals surface area contributed by atoms with Gasteiger partial charge in [-0.2, -0.15) is 0 Å². The predicted octanol–water partition coefficient (Wildman–Crippen LogP) is 10.1. The Hall–Kier alpha value is -1.79. The molecule has 7 N–H and O–H groups in total. The molecule has 0 saturated carbocycles. The number of carbonyl (C=O) groups excluding carboxylic acids is 1. The average molecular weight is 1030 g/mol. The van der Waals surface area contributed by atoms with Crippen LogP contribution in [0.1, 0.15) is 226 Å². The molecule has 11 atom stereocenters. The van der Waals surface area contributed by atoms with Crippen LogP contribution in [0.15, 0.2) is 36.5 Å². The zero-order valence-electron chi connectivity index (χ0n) is 45.2. The fourth-order valence-corrected chi connectivity index (χ4v) is 9.18. The Bertz CT molecular complexity index is 1330. The minimum atomic E-state index is -1.71. The second kappa shape index (κ2) is 45.4. The SMILES string of the molecule is CCCCC/C=C\C/C=C\C/C=C\CCCCCCCCC(=O)OC(COCCCCCCCCCCCCCCCCCCCCC)COC1OC(COC2OC(CO)C(O)C(O)C2O)C(O)C(O)C1O. The number of aliphatic hydroxyl groups excluding tert-OH is 7. The number of hydrogen-bond acceptors (Lipinski definition) is 14. The topological polar surface area (TPSA) is 214 Å². The first-order valence-corrected chi connectivity index (χ1v) is 29.1. The fourth-order valence-electron chi connectivity index (χ4n) is 9.18. The average Bonchev–Trinajstić information content (AvgIpc) is 3.38. The Balaban J connectivity index is 1.72. The molecule has 0 aromatic heterocycles. The van der Waals surface area contributed by atoms with E-state index >= 15 is 0 Å². The van der Waals surface area contributed by atoms with Gasteiger partial charge in [-0.3, -0.25) is 4.79 Å². The van der Waals surface area contributed by atoms with Gasteiger partial charge in [0.05, 0.1) is 26.4 Å². The van der Waals surface area contributed by atoms with Crippen molar-refractivity contribution in [2.24, 2.45) is 0 Å². The summed E-state index contributed by atoms with van der Waals surface area (Å²) in [5.74, 6) is -0.385. The molecule has 14 nitrogen and oxygen atoms in total. The van der Waals surface area contributed by atoms with E-state index in [1.807, 2.05) is 0 Å². The van der Waals surface area contributed by atoms with E-state index in [1.165, 1.54) is 128 Å². The van der Waals surface area contributed by atoms with Gasteiger partial charge in [0.2, 0.25) is 0 Å². The molecular formula is C58H106O14. The highest BCUT2D eigenvalue weighted by atomic mass is 16.7. The smallest absolute Gasteiger partial charge is 0.306 e. The zero-order valence-corrected chi connectivity index (χ0v) is 45.2. The van der Waals surface area contributed by atoms with Gasteiger partial charge < -0.3 is 64.2 Å².